The van der Waals surface area contributed by atoms with E-state index >= 15 is 0 Å². The van der Waals surface area contributed by atoms with Crippen LogP contribution in [0.1, 0.15) is 31.2 Å². The van der Waals surface area contributed by atoms with Gasteiger partial charge >= 0.3 is 0 Å². The van der Waals surface area contributed by atoms with Gasteiger partial charge in [-0.25, -0.2) is 9.97 Å². The molecule has 1 aromatic carbocycles. The number of fused-ring (bicyclic) bond motifs is 1. The Balaban J connectivity index is 1.53. The van der Waals surface area contributed by atoms with Crippen LogP contribution < -0.4 is 5.32 Å². The number of benzene rings is 1. The second-order valence-electron chi connectivity index (χ2n) is 6.16. The van der Waals surface area contributed by atoms with Gasteiger partial charge in [0.2, 0.25) is 0 Å². The van der Waals surface area contributed by atoms with Gasteiger partial charge in [-0.2, -0.15) is 0 Å². The molecule has 120 valence electrons. The van der Waals surface area contributed by atoms with Gasteiger partial charge in [-0.1, -0.05) is 30.2 Å². The van der Waals surface area contributed by atoms with E-state index in [1.54, 1.807) is 17.5 Å². The third-order valence-electron chi connectivity index (χ3n) is 4.42. The maximum absolute atomic E-state index is 10.1. The van der Waals surface area contributed by atoms with Crippen LogP contribution in [0.4, 0.5) is 5.13 Å². The van der Waals surface area contributed by atoms with Crippen molar-refractivity contribution in [1.82, 2.24) is 14.5 Å². The molecule has 2 aromatic heterocycles. The van der Waals surface area contributed by atoms with Crippen molar-refractivity contribution in [3.63, 3.8) is 0 Å². The van der Waals surface area contributed by atoms with Gasteiger partial charge in [0.25, 0.3) is 0 Å². The monoisotopic (exact) mass is 328 g/mol. The third-order valence-corrected chi connectivity index (χ3v) is 5.36. The summed E-state index contributed by atoms with van der Waals surface area (Å²) in [6, 6.07) is 6.51. The number of imidazole rings is 1. The number of aliphatic hydroxyl groups is 1. The zero-order valence-corrected chi connectivity index (χ0v) is 13.7. The quantitative estimate of drug-likeness (QED) is 0.772. The molecular weight excluding hydrogens is 308 g/mol. The van der Waals surface area contributed by atoms with Gasteiger partial charge < -0.3 is 15.0 Å². The molecular formula is C17H20N4OS. The van der Waals surface area contributed by atoms with E-state index in [-0.39, 0.29) is 12.1 Å². The Morgan fingerprint density at radius 2 is 2.22 bits per heavy atom. The van der Waals surface area contributed by atoms with Crippen LogP contribution in [0.3, 0.4) is 0 Å². The first kappa shape index (κ1) is 14.7. The molecule has 0 spiro atoms. The van der Waals surface area contributed by atoms with Gasteiger partial charge in [0.05, 0.1) is 28.7 Å². The highest BCUT2D eigenvalue weighted by molar-refractivity contribution is 7.22. The maximum atomic E-state index is 10.1. The van der Waals surface area contributed by atoms with Crippen LogP contribution in [0, 0.1) is 0 Å². The van der Waals surface area contributed by atoms with Crippen molar-refractivity contribution >= 4 is 26.7 Å². The lowest BCUT2D eigenvalue weighted by Crippen LogP contribution is -2.36. The third kappa shape index (κ3) is 3.23. The summed E-state index contributed by atoms with van der Waals surface area (Å²) in [4.78, 5) is 8.73. The summed E-state index contributed by atoms with van der Waals surface area (Å²) in [6.07, 6.45) is 9.53. The molecule has 2 heterocycles. The SMILES string of the molecule is O[C@@H]1CCCC[C@H]1Nc1nc2ccc(Cn3ccnc3)cc2s1. The molecule has 1 aliphatic rings. The molecule has 0 radical (unpaired) electrons. The van der Waals surface area contributed by atoms with E-state index in [1.807, 2.05) is 12.5 Å². The molecule has 2 atom stereocenters. The molecule has 1 fully saturated rings. The van der Waals surface area contributed by atoms with E-state index in [2.05, 4.69) is 38.1 Å². The first-order valence-electron chi connectivity index (χ1n) is 8.08. The molecule has 0 amide bonds. The summed E-state index contributed by atoms with van der Waals surface area (Å²) in [5.74, 6) is 0. The highest BCUT2D eigenvalue weighted by Gasteiger charge is 2.23. The minimum atomic E-state index is -0.257. The Kier molecular flexibility index (Phi) is 4.01. The minimum Gasteiger partial charge on any atom is -0.391 e. The Bertz CT molecular complexity index is 783. The Hall–Kier alpha value is -1.92. The van der Waals surface area contributed by atoms with Crippen LogP contribution >= 0.6 is 11.3 Å². The predicted molar refractivity (Wildman–Crippen MR) is 92.8 cm³/mol. The lowest BCUT2D eigenvalue weighted by atomic mass is 9.93. The standard InChI is InChI=1S/C17H20N4OS/c22-15-4-2-1-3-13(15)19-17-20-14-6-5-12(9-16(14)23-17)10-21-8-7-18-11-21/h5-9,11,13,15,22H,1-4,10H2,(H,19,20)/t13-,15-/m1/s1. The Labute approximate surface area is 139 Å². The van der Waals surface area contributed by atoms with Crippen LogP contribution in [-0.4, -0.2) is 31.8 Å². The molecule has 1 aliphatic carbocycles. The van der Waals surface area contributed by atoms with Gasteiger partial charge in [0.15, 0.2) is 5.13 Å². The number of nitrogens with zero attached hydrogens (tertiary/aromatic N) is 3. The van der Waals surface area contributed by atoms with Crippen LogP contribution in [0.25, 0.3) is 10.2 Å². The van der Waals surface area contributed by atoms with Crippen molar-refractivity contribution in [2.45, 2.75) is 44.4 Å². The molecule has 3 aromatic rings. The molecule has 0 unspecified atom stereocenters. The number of hydrogen-bond acceptors (Lipinski definition) is 5. The molecule has 1 saturated carbocycles. The highest BCUT2D eigenvalue weighted by atomic mass is 32.1. The number of thiazole rings is 1. The fraction of sp³-hybridized carbons (Fsp3) is 0.412. The molecule has 0 saturated heterocycles. The van der Waals surface area contributed by atoms with Crippen LogP contribution in [-0.2, 0) is 6.54 Å². The van der Waals surface area contributed by atoms with Crippen molar-refractivity contribution in [2.75, 3.05) is 5.32 Å². The molecule has 5 nitrogen and oxygen atoms in total. The second kappa shape index (κ2) is 6.29. The molecule has 0 bridgehead atoms. The molecule has 2 N–H and O–H groups in total. The first-order chi connectivity index (χ1) is 11.3. The van der Waals surface area contributed by atoms with E-state index in [4.69, 9.17) is 0 Å². The van der Waals surface area contributed by atoms with Gasteiger partial charge in [0, 0.05) is 18.9 Å². The highest BCUT2D eigenvalue weighted by Crippen LogP contribution is 2.30. The zero-order valence-electron chi connectivity index (χ0n) is 12.9. The number of aromatic nitrogens is 3. The Morgan fingerprint density at radius 1 is 1.30 bits per heavy atom. The summed E-state index contributed by atoms with van der Waals surface area (Å²) in [7, 11) is 0. The zero-order chi connectivity index (χ0) is 15.6. The number of aliphatic hydroxyl groups excluding tert-OH is 1. The van der Waals surface area contributed by atoms with Gasteiger partial charge in [-0.05, 0) is 30.5 Å². The average Bonchev–Trinajstić information content (AvgIpc) is 3.18. The summed E-state index contributed by atoms with van der Waals surface area (Å²) in [6.45, 7) is 0.817. The largest absolute Gasteiger partial charge is 0.391 e. The summed E-state index contributed by atoms with van der Waals surface area (Å²) >= 11 is 1.66. The number of hydrogen-bond donors (Lipinski definition) is 2. The minimum absolute atomic E-state index is 0.134. The number of nitrogens with one attached hydrogen (secondary N) is 1. The Morgan fingerprint density at radius 3 is 3.04 bits per heavy atom. The normalized spacial score (nSPS) is 21.6. The first-order valence-corrected chi connectivity index (χ1v) is 8.89. The topological polar surface area (TPSA) is 63.0 Å². The smallest absolute Gasteiger partial charge is 0.184 e. The van der Waals surface area contributed by atoms with E-state index in [9.17, 15) is 5.11 Å². The van der Waals surface area contributed by atoms with Gasteiger partial charge in [-0.3, -0.25) is 0 Å². The van der Waals surface area contributed by atoms with Crippen molar-refractivity contribution in [3.05, 3.63) is 42.5 Å². The summed E-state index contributed by atoms with van der Waals surface area (Å²) in [5.41, 5.74) is 2.25. The average molecular weight is 328 g/mol. The summed E-state index contributed by atoms with van der Waals surface area (Å²) < 4.78 is 3.23. The fourth-order valence-corrected chi connectivity index (χ4v) is 4.15. The van der Waals surface area contributed by atoms with E-state index in [0.717, 1.165) is 36.5 Å². The number of rotatable bonds is 4. The molecule has 23 heavy (non-hydrogen) atoms. The van der Waals surface area contributed by atoms with Crippen molar-refractivity contribution in [1.29, 1.82) is 0 Å². The molecule has 6 heteroatoms. The van der Waals surface area contributed by atoms with Gasteiger partial charge in [-0.15, -0.1) is 0 Å². The van der Waals surface area contributed by atoms with Gasteiger partial charge in [0.1, 0.15) is 0 Å². The van der Waals surface area contributed by atoms with Crippen LogP contribution in [0.5, 0.6) is 0 Å². The molecule has 0 aliphatic heterocycles. The van der Waals surface area contributed by atoms with Crippen molar-refractivity contribution < 1.29 is 5.11 Å². The van der Waals surface area contributed by atoms with Crippen LogP contribution in [0.2, 0.25) is 0 Å². The second-order valence-corrected chi connectivity index (χ2v) is 7.19. The molecule has 4 rings (SSSR count). The van der Waals surface area contributed by atoms with Crippen LogP contribution in [0.15, 0.2) is 36.9 Å². The maximum Gasteiger partial charge on any atom is 0.184 e. The fourth-order valence-electron chi connectivity index (χ4n) is 3.16. The number of anilines is 1. The lowest BCUT2D eigenvalue weighted by Gasteiger charge is -2.27. The van der Waals surface area contributed by atoms with Crippen molar-refractivity contribution in [2.24, 2.45) is 0 Å². The van der Waals surface area contributed by atoms with E-state index in [1.165, 1.54) is 16.7 Å². The van der Waals surface area contributed by atoms with Crippen molar-refractivity contribution in [3.8, 4) is 0 Å². The summed E-state index contributed by atoms with van der Waals surface area (Å²) in [5, 5.41) is 14.4. The van der Waals surface area contributed by atoms with E-state index in [0.29, 0.717) is 0 Å². The lowest BCUT2D eigenvalue weighted by molar-refractivity contribution is 0.116. The predicted octanol–water partition coefficient (Wildman–Crippen LogP) is 3.26. The van der Waals surface area contributed by atoms with E-state index < -0.39 is 0 Å².